The number of benzene rings is 1. The Bertz CT molecular complexity index is 567. The maximum atomic E-state index is 5.86. The van der Waals surface area contributed by atoms with Crippen LogP contribution in [0.25, 0.3) is 0 Å². The smallest absolute Gasteiger partial charge is 0.239 e. The Kier molecular flexibility index (Phi) is 5.43. The first kappa shape index (κ1) is 15.2. The van der Waals surface area contributed by atoms with Crippen LogP contribution in [0.1, 0.15) is 32.3 Å². The second-order valence-corrected chi connectivity index (χ2v) is 5.01. The van der Waals surface area contributed by atoms with Gasteiger partial charge >= 0.3 is 0 Å². The Balaban J connectivity index is 2.08. The molecule has 0 saturated carbocycles. The fraction of sp³-hybridized carbons (Fsp3) is 0.353. The normalized spacial score (nSPS) is 10.4. The molecule has 0 fully saturated rings. The van der Waals surface area contributed by atoms with E-state index in [9.17, 15) is 0 Å². The second-order valence-electron chi connectivity index (χ2n) is 5.01. The van der Waals surface area contributed by atoms with Crippen LogP contribution < -0.4 is 15.8 Å². The molecule has 0 aliphatic rings. The van der Waals surface area contributed by atoms with Crippen molar-refractivity contribution in [2.75, 3.05) is 17.7 Å². The molecule has 4 heteroatoms. The van der Waals surface area contributed by atoms with Gasteiger partial charge in [-0.2, -0.15) is 4.98 Å². The minimum absolute atomic E-state index is 0.490. The van der Waals surface area contributed by atoms with Gasteiger partial charge in [-0.25, -0.2) is 0 Å². The molecule has 2 rings (SSSR count). The van der Waals surface area contributed by atoms with E-state index in [1.54, 1.807) is 0 Å². The number of aromatic nitrogens is 1. The molecule has 21 heavy (non-hydrogen) atoms. The summed E-state index contributed by atoms with van der Waals surface area (Å²) in [6.07, 6.45) is 3.19. The van der Waals surface area contributed by atoms with Gasteiger partial charge in [-0.1, -0.05) is 32.4 Å². The number of pyridine rings is 1. The molecule has 0 unspecified atom stereocenters. The number of ether oxygens (including phenoxy) is 1. The van der Waals surface area contributed by atoms with Crippen molar-refractivity contribution in [3.05, 3.63) is 42.0 Å². The van der Waals surface area contributed by atoms with Crippen molar-refractivity contribution in [1.29, 1.82) is 0 Å². The van der Waals surface area contributed by atoms with Crippen molar-refractivity contribution in [3.63, 3.8) is 0 Å². The zero-order chi connectivity index (χ0) is 15.1. The quantitative estimate of drug-likeness (QED) is 0.802. The fourth-order valence-electron chi connectivity index (χ4n) is 2.03. The highest BCUT2D eigenvalue weighted by Gasteiger charge is 2.04. The summed E-state index contributed by atoms with van der Waals surface area (Å²) in [5.41, 5.74) is 8.78. The van der Waals surface area contributed by atoms with Crippen LogP contribution >= 0.6 is 0 Å². The van der Waals surface area contributed by atoms with Gasteiger partial charge in [0.25, 0.3) is 0 Å². The van der Waals surface area contributed by atoms with Gasteiger partial charge in [-0.15, -0.1) is 0 Å². The Morgan fingerprint density at radius 2 is 1.81 bits per heavy atom. The van der Waals surface area contributed by atoms with Gasteiger partial charge in [0.1, 0.15) is 5.82 Å². The summed E-state index contributed by atoms with van der Waals surface area (Å²) < 4.78 is 5.54. The lowest BCUT2D eigenvalue weighted by Gasteiger charge is -2.10. The SMILES string of the molecule is CCCOc1nc(Nc2ccc(CCC)cc2)ccc1N. The van der Waals surface area contributed by atoms with Crippen LogP contribution in [0.15, 0.2) is 36.4 Å². The Morgan fingerprint density at radius 1 is 1.05 bits per heavy atom. The van der Waals surface area contributed by atoms with Gasteiger partial charge < -0.3 is 15.8 Å². The predicted molar refractivity (Wildman–Crippen MR) is 88.2 cm³/mol. The highest BCUT2D eigenvalue weighted by molar-refractivity contribution is 5.60. The molecule has 112 valence electrons. The summed E-state index contributed by atoms with van der Waals surface area (Å²) in [5.74, 6) is 1.22. The number of aryl methyl sites for hydroxylation is 1. The van der Waals surface area contributed by atoms with Gasteiger partial charge in [0.2, 0.25) is 5.88 Å². The summed E-state index contributed by atoms with van der Waals surface area (Å²) in [6, 6.07) is 12.1. The maximum Gasteiger partial charge on any atom is 0.239 e. The van der Waals surface area contributed by atoms with Gasteiger partial charge in [0, 0.05) is 5.69 Å². The molecule has 0 aliphatic carbocycles. The van der Waals surface area contributed by atoms with Gasteiger partial charge in [0.05, 0.1) is 12.3 Å². The van der Waals surface area contributed by atoms with E-state index >= 15 is 0 Å². The second kappa shape index (κ2) is 7.53. The molecule has 0 atom stereocenters. The molecule has 0 aliphatic heterocycles. The van der Waals surface area contributed by atoms with E-state index in [0.717, 1.165) is 30.8 Å². The van der Waals surface area contributed by atoms with Crippen LogP contribution in [-0.2, 0) is 6.42 Å². The monoisotopic (exact) mass is 285 g/mol. The van der Waals surface area contributed by atoms with Crippen molar-refractivity contribution in [1.82, 2.24) is 4.98 Å². The Hall–Kier alpha value is -2.23. The molecular weight excluding hydrogens is 262 g/mol. The van der Waals surface area contributed by atoms with E-state index in [0.29, 0.717) is 18.2 Å². The van der Waals surface area contributed by atoms with Crippen molar-refractivity contribution >= 4 is 17.2 Å². The summed E-state index contributed by atoms with van der Waals surface area (Å²) in [7, 11) is 0. The number of rotatable bonds is 7. The molecule has 1 heterocycles. The van der Waals surface area contributed by atoms with Crippen LogP contribution in [0.2, 0.25) is 0 Å². The minimum Gasteiger partial charge on any atom is -0.476 e. The predicted octanol–water partition coefficient (Wildman–Crippen LogP) is 4.15. The molecule has 0 bridgehead atoms. The average Bonchev–Trinajstić information content (AvgIpc) is 2.50. The van der Waals surface area contributed by atoms with Crippen LogP contribution in [0, 0.1) is 0 Å². The third-order valence-corrected chi connectivity index (χ3v) is 3.10. The number of nitrogens with zero attached hydrogens (tertiary/aromatic N) is 1. The molecule has 2 aromatic rings. The number of hydrogen-bond acceptors (Lipinski definition) is 4. The molecule has 4 nitrogen and oxygen atoms in total. The summed E-state index contributed by atoms with van der Waals surface area (Å²) in [6.45, 7) is 4.85. The summed E-state index contributed by atoms with van der Waals surface area (Å²) in [5, 5.41) is 3.27. The minimum atomic E-state index is 0.490. The molecule has 0 amide bonds. The first-order valence-corrected chi connectivity index (χ1v) is 7.48. The van der Waals surface area contributed by atoms with E-state index < -0.39 is 0 Å². The van der Waals surface area contributed by atoms with Crippen LogP contribution in [0.4, 0.5) is 17.2 Å². The van der Waals surface area contributed by atoms with Crippen molar-refractivity contribution in [2.45, 2.75) is 33.1 Å². The number of hydrogen-bond donors (Lipinski definition) is 2. The van der Waals surface area contributed by atoms with E-state index in [2.05, 4.69) is 48.4 Å². The lowest BCUT2D eigenvalue weighted by atomic mass is 10.1. The molecule has 1 aromatic heterocycles. The maximum absolute atomic E-state index is 5.86. The van der Waals surface area contributed by atoms with E-state index in [1.165, 1.54) is 5.56 Å². The third kappa shape index (κ3) is 4.38. The summed E-state index contributed by atoms with van der Waals surface area (Å²) >= 11 is 0. The molecule has 0 radical (unpaired) electrons. The van der Waals surface area contributed by atoms with Crippen LogP contribution in [0.5, 0.6) is 5.88 Å². The van der Waals surface area contributed by atoms with Crippen molar-refractivity contribution < 1.29 is 4.74 Å². The Labute approximate surface area is 126 Å². The molecule has 3 N–H and O–H groups in total. The van der Waals surface area contributed by atoms with Gasteiger partial charge in [-0.05, 0) is 42.7 Å². The highest BCUT2D eigenvalue weighted by atomic mass is 16.5. The van der Waals surface area contributed by atoms with E-state index in [1.807, 2.05) is 12.1 Å². The fourth-order valence-corrected chi connectivity index (χ4v) is 2.03. The first-order chi connectivity index (χ1) is 10.2. The van der Waals surface area contributed by atoms with Crippen molar-refractivity contribution in [3.8, 4) is 5.88 Å². The Morgan fingerprint density at radius 3 is 2.48 bits per heavy atom. The zero-order valence-electron chi connectivity index (χ0n) is 12.7. The highest BCUT2D eigenvalue weighted by Crippen LogP contribution is 2.23. The number of nitrogens with one attached hydrogen (secondary N) is 1. The van der Waals surface area contributed by atoms with E-state index in [4.69, 9.17) is 10.5 Å². The van der Waals surface area contributed by atoms with Gasteiger partial charge in [-0.3, -0.25) is 0 Å². The van der Waals surface area contributed by atoms with Crippen LogP contribution in [-0.4, -0.2) is 11.6 Å². The summed E-state index contributed by atoms with van der Waals surface area (Å²) in [4.78, 5) is 4.41. The third-order valence-electron chi connectivity index (χ3n) is 3.10. The largest absolute Gasteiger partial charge is 0.476 e. The number of nitrogens with two attached hydrogens (primary N) is 1. The first-order valence-electron chi connectivity index (χ1n) is 7.48. The number of nitrogen functional groups attached to an aromatic ring is 1. The van der Waals surface area contributed by atoms with E-state index in [-0.39, 0.29) is 0 Å². The molecule has 0 spiro atoms. The van der Waals surface area contributed by atoms with Crippen molar-refractivity contribution in [2.24, 2.45) is 0 Å². The molecule has 0 saturated heterocycles. The average molecular weight is 285 g/mol. The topological polar surface area (TPSA) is 60.2 Å². The van der Waals surface area contributed by atoms with Gasteiger partial charge in [0.15, 0.2) is 0 Å². The zero-order valence-corrected chi connectivity index (χ0v) is 12.7. The lowest BCUT2D eigenvalue weighted by molar-refractivity contribution is 0.307. The standard InChI is InChI=1S/C17H23N3O/c1-3-5-13-6-8-14(9-7-13)19-16-11-10-15(18)17(20-16)21-12-4-2/h6-11H,3-5,12,18H2,1-2H3,(H,19,20). The lowest BCUT2D eigenvalue weighted by Crippen LogP contribution is -2.03. The van der Waals surface area contributed by atoms with Crippen LogP contribution in [0.3, 0.4) is 0 Å². The number of anilines is 3. The molecular formula is C17H23N3O. The molecule has 1 aromatic carbocycles.